The summed E-state index contributed by atoms with van der Waals surface area (Å²) in [6, 6.07) is 26.7. The molecule has 4 rings (SSSR count). The highest BCUT2D eigenvalue weighted by Gasteiger charge is 2.08. The lowest BCUT2D eigenvalue weighted by molar-refractivity contribution is 1.01. The van der Waals surface area contributed by atoms with Crippen LogP contribution in [0.15, 0.2) is 78.9 Å². The zero-order chi connectivity index (χ0) is 18.5. The number of anilines is 3. The summed E-state index contributed by atoms with van der Waals surface area (Å²) < 4.78 is 0. The summed E-state index contributed by atoms with van der Waals surface area (Å²) in [6.45, 7) is 2.89. The van der Waals surface area contributed by atoms with E-state index in [1.54, 1.807) is 0 Å². The molecule has 0 aliphatic heterocycles. The summed E-state index contributed by atoms with van der Waals surface area (Å²) in [7, 11) is 0. The van der Waals surface area contributed by atoms with Crippen molar-refractivity contribution in [3.8, 4) is 0 Å². The van der Waals surface area contributed by atoms with Gasteiger partial charge in [-0.3, -0.25) is 0 Å². The first-order valence-electron chi connectivity index (χ1n) is 9.17. The molecular weight excluding hydrogens is 332 g/mol. The molecule has 1 aromatic heterocycles. The molecule has 27 heavy (non-hydrogen) atoms. The lowest BCUT2D eigenvalue weighted by atomic mass is 10.1. The predicted molar refractivity (Wildman–Crippen MR) is 113 cm³/mol. The topological polar surface area (TPSA) is 49.8 Å². The predicted octanol–water partition coefficient (Wildman–Crippen LogP) is 5.34. The van der Waals surface area contributed by atoms with Crippen LogP contribution < -0.4 is 10.6 Å². The Balaban J connectivity index is 1.59. The highest BCUT2D eigenvalue weighted by Crippen LogP contribution is 2.24. The van der Waals surface area contributed by atoms with E-state index in [0.717, 1.165) is 40.9 Å². The molecular formula is C23H22N4. The van der Waals surface area contributed by atoms with E-state index in [9.17, 15) is 0 Å². The van der Waals surface area contributed by atoms with Crippen molar-refractivity contribution in [3.63, 3.8) is 0 Å². The summed E-state index contributed by atoms with van der Waals surface area (Å²) in [4.78, 5) is 9.41. The molecule has 0 amide bonds. The van der Waals surface area contributed by atoms with Gasteiger partial charge in [0.05, 0.1) is 5.52 Å². The maximum Gasteiger partial charge on any atom is 0.229 e. The van der Waals surface area contributed by atoms with Gasteiger partial charge < -0.3 is 10.6 Å². The number of nitrogens with zero attached hydrogens (tertiary/aromatic N) is 2. The Morgan fingerprint density at radius 3 is 2.37 bits per heavy atom. The van der Waals surface area contributed by atoms with Crippen LogP contribution in [0.5, 0.6) is 0 Å². The van der Waals surface area contributed by atoms with Crippen LogP contribution in [-0.4, -0.2) is 16.5 Å². The number of benzene rings is 3. The summed E-state index contributed by atoms with van der Waals surface area (Å²) in [5, 5.41) is 7.87. The summed E-state index contributed by atoms with van der Waals surface area (Å²) >= 11 is 0. The van der Waals surface area contributed by atoms with Crippen LogP contribution in [0.2, 0.25) is 0 Å². The lowest BCUT2D eigenvalue weighted by Gasteiger charge is -2.13. The molecule has 0 atom stereocenters. The number of hydrogen-bond acceptors (Lipinski definition) is 4. The number of fused-ring (bicyclic) bond motifs is 1. The van der Waals surface area contributed by atoms with Gasteiger partial charge in [0.25, 0.3) is 0 Å². The van der Waals surface area contributed by atoms with E-state index in [1.165, 1.54) is 5.56 Å². The van der Waals surface area contributed by atoms with E-state index < -0.39 is 0 Å². The molecule has 0 aliphatic rings. The largest absolute Gasteiger partial charge is 0.369 e. The SMILES string of the molecule is Cc1ccccc1Nc1nc(NCCc2ccccc2)c2ccccc2n1. The Morgan fingerprint density at radius 2 is 1.52 bits per heavy atom. The molecule has 0 saturated heterocycles. The molecule has 134 valence electrons. The van der Waals surface area contributed by atoms with E-state index in [0.29, 0.717) is 5.95 Å². The first kappa shape index (κ1) is 17.0. The van der Waals surface area contributed by atoms with Crippen molar-refractivity contribution in [2.45, 2.75) is 13.3 Å². The fourth-order valence-corrected chi connectivity index (χ4v) is 3.07. The zero-order valence-corrected chi connectivity index (χ0v) is 15.3. The molecule has 2 N–H and O–H groups in total. The normalized spacial score (nSPS) is 10.7. The van der Waals surface area contributed by atoms with Gasteiger partial charge in [0.2, 0.25) is 5.95 Å². The molecule has 0 spiro atoms. The van der Waals surface area contributed by atoms with Crippen molar-refractivity contribution in [1.82, 2.24) is 9.97 Å². The number of para-hydroxylation sites is 2. The van der Waals surface area contributed by atoms with Gasteiger partial charge in [-0.15, -0.1) is 0 Å². The van der Waals surface area contributed by atoms with E-state index in [1.807, 2.05) is 42.5 Å². The monoisotopic (exact) mass is 354 g/mol. The van der Waals surface area contributed by atoms with Gasteiger partial charge in [-0.1, -0.05) is 60.7 Å². The summed E-state index contributed by atoms with van der Waals surface area (Å²) in [5.41, 5.74) is 4.41. The Labute approximate surface area is 159 Å². The van der Waals surface area contributed by atoms with Crippen molar-refractivity contribution in [3.05, 3.63) is 90.0 Å². The van der Waals surface area contributed by atoms with E-state index in [-0.39, 0.29) is 0 Å². The second-order valence-electron chi connectivity index (χ2n) is 6.52. The van der Waals surface area contributed by atoms with Crippen LogP contribution in [0.3, 0.4) is 0 Å². The fourth-order valence-electron chi connectivity index (χ4n) is 3.07. The molecule has 0 radical (unpaired) electrons. The molecule has 4 nitrogen and oxygen atoms in total. The third kappa shape index (κ3) is 4.06. The maximum absolute atomic E-state index is 4.74. The molecule has 1 heterocycles. The van der Waals surface area contributed by atoms with Crippen molar-refractivity contribution in [1.29, 1.82) is 0 Å². The Bertz CT molecular complexity index is 1040. The summed E-state index contributed by atoms with van der Waals surface area (Å²) in [5.74, 6) is 1.46. The van der Waals surface area contributed by atoms with Gasteiger partial charge in [0.15, 0.2) is 0 Å². The van der Waals surface area contributed by atoms with Crippen molar-refractivity contribution in [2.75, 3.05) is 17.2 Å². The molecule has 4 aromatic rings. The van der Waals surface area contributed by atoms with Gasteiger partial charge in [0.1, 0.15) is 5.82 Å². The Kier molecular flexibility index (Phi) is 4.97. The van der Waals surface area contributed by atoms with Gasteiger partial charge in [-0.25, -0.2) is 4.98 Å². The molecule has 0 bridgehead atoms. The minimum atomic E-state index is 0.602. The Hall–Kier alpha value is -3.40. The van der Waals surface area contributed by atoms with Crippen molar-refractivity contribution in [2.24, 2.45) is 0 Å². The molecule has 0 aliphatic carbocycles. The van der Waals surface area contributed by atoms with Crippen LogP contribution in [-0.2, 0) is 6.42 Å². The van der Waals surface area contributed by atoms with Crippen LogP contribution in [0.25, 0.3) is 10.9 Å². The second-order valence-corrected chi connectivity index (χ2v) is 6.52. The molecule has 4 heteroatoms. The third-order valence-corrected chi connectivity index (χ3v) is 4.54. The number of hydrogen-bond donors (Lipinski definition) is 2. The number of aryl methyl sites for hydroxylation is 1. The smallest absolute Gasteiger partial charge is 0.229 e. The molecule has 3 aromatic carbocycles. The van der Waals surface area contributed by atoms with Gasteiger partial charge in [0, 0.05) is 17.6 Å². The van der Waals surface area contributed by atoms with Gasteiger partial charge in [-0.2, -0.15) is 4.98 Å². The Morgan fingerprint density at radius 1 is 0.778 bits per heavy atom. The van der Waals surface area contributed by atoms with Crippen molar-refractivity contribution < 1.29 is 0 Å². The maximum atomic E-state index is 4.74. The molecule has 0 fully saturated rings. The van der Waals surface area contributed by atoms with Crippen LogP contribution in [0.1, 0.15) is 11.1 Å². The minimum absolute atomic E-state index is 0.602. The number of nitrogens with one attached hydrogen (secondary N) is 2. The molecule has 0 unspecified atom stereocenters. The first-order valence-corrected chi connectivity index (χ1v) is 9.17. The van der Waals surface area contributed by atoms with E-state index >= 15 is 0 Å². The molecule has 0 saturated carbocycles. The van der Waals surface area contributed by atoms with Crippen LogP contribution in [0.4, 0.5) is 17.5 Å². The average Bonchev–Trinajstić information content (AvgIpc) is 2.70. The van der Waals surface area contributed by atoms with Crippen LogP contribution >= 0.6 is 0 Å². The highest BCUT2D eigenvalue weighted by molar-refractivity contribution is 5.90. The number of aromatic nitrogens is 2. The average molecular weight is 354 g/mol. The zero-order valence-electron chi connectivity index (χ0n) is 15.3. The van der Waals surface area contributed by atoms with Crippen molar-refractivity contribution >= 4 is 28.4 Å². The second kappa shape index (κ2) is 7.87. The third-order valence-electron chi connectivity index (χ3n) is 4.54. The quantitative estimate of drug-likeness (QED) is 0.491. The fraction of sp³-hybridized carbons (Fsp3) is 0.130. The van der Waals surface area contributed by atoms with Gasteiger partial charge >= 0.3 is 0 Å². The van der Waals surface area contributed by atoms with Gasteiger partial charge in [-0.05, 0) is 42.7 Å². The summed E-state index contributed by atoms with van der Waals surface area (Å²) in [6.07, 6.45) is 0.944. The first-order chi connectivity index (χ1) is 13.3. The van der Waals surface area contributed by atoms with Crippen LogP contribution in [0, 0.1) is 6.92 Å². The highest BCUT2D eigenvalue weighted by atomic mass is 15.1. The standard InChI is InChI=1S/C23H22N4/c1-17-9-5-7-13-20(17)25-23-26-21-14-8-6-12-19(21)22(27-23)24-16-15-18-10-3-2-4-11-18/h2-14H,15-16H2,1H3,(H2,24,25,26,27). The van der Waals surface area contributed by atoms with E-state index in [4.69, 9.17) is 4.98 Å². The minimum Gasteiger partial charge on any atom is -0.369 e. The van der Waals surface area contributed by atoms with E-state index in [2.05, 4.69) is 58.9 Å². The lowest BCUT2D eigenvalue weighted by Crippen LogP contribution is -2.09. The number of rotatable bonds is 6.